The van der Waals surface area contributed by atoms with Gasteiger partial charge in [-0.2, -0.15) is 0 Å². The average Bonchev–Trinajstić information content (AvgIpc) is 2.00. The number of likely N-dealkylation sites (N-methyl/N-ethyl adjacent to an activating group) is 1. The first-order valence-corrected chi connectivity index (χ1v) is 4.33. The Morgan fingerprint density at radius 2 is 2.08 bits per heavy atom. The lowest BCUT2D eigenvalue weighted by Crippen LogP contribution is -2.32. The number of nitrogens with zero attached hydrogens (tertiary/aromatic N) is 1. The Morgan fingerprint density at radius 3 is 2.46 bits per heavy atom. The molecule has 13 heavy (non-hydrogen) atoms. The zero-order valence-electron chi connectivity index (χ0n) is 8.83. The van der Waals surface area contributed by atoms with E-state index in [1.54, 1.807) is 19.1 Å². The number of hydrogen-bond donors (Lipinski definition) is 1. The first-order valence-electron chi connectivity index (χ1n) is 4.33. The summed E-state index contributed by atoms with van der Waals surface area (Å²) >= 11 is 0. The van der Waals surface area contributed by atoms with Gasteiger partial charge in [0, 0.05) is 13.7 Å². The van der Waals surface area contributed by atoms with Crippen LogP contribution in [0.4, 0.5) is 0 Å². The molecule has 0 bridgehead atoms. The van der Waals surface area contributed by atoms with Crippen molar-refractivity contribution in [2.45, 2.75) is 25.9 Å². The fourth-order valence-corrected chi connectivity index (χ4v) is 0.872. The first-order chi connectivity index (χ1) is 5.87. The summed E-state index contributed by atoms with van der Waals surface area (Å²) in [6.07, 6.45) is 0.827. The molecule has 0 spiro atoms. The van der Waals surface area contributed by atoms with Crippen molar-refractivity contribution >= 4 is 5.97 Å². The van der Waals surface area contributed by atoms with Crippen LogP contribution in [-0.4, -0.2) is 48.8 Å². The van der Waals surface area contributed by atoms with Crippen LogP contribution in [0.5, 0.6) is 0 Å². The van der Waals surface area contributed by atoms with Crippen LogP contribution in [0.3, 0.4) is 0 Å². The van der Waals surface area contributed by atoms with Crippen LogP contribution in [0.25, 0.3) is 0 Å². The molecule has 0 atom stereocenters. The quantitative estimate of drug-likeness (QED) is 0.672. The molecular weight excluding hydrogens is 170 g/mol. The van der Waals surface area contributed by atoms with Gasteiger partial charge in [-0.1, -0.05) is 0 Å². The molecule has 0 saturated heterocycles. The average molecular weight is 189 g/mol. The number of aliphatic carboxylic acids is 1. The number of carboxylic acids is 1. The second-order valence-electron chi connectivity index (χ2n) is 3.85. The predicted octanol–water partition coefficient (Wildman–Crippen LogP) is 0.818. The Morgan fingerprint density at radius 1 is 1.54 bits per heavy atom. The smallest absolute Gasteiger partial charge is 0.317 e. The van der Waals surface area contributed by atoms with Gasteiger partial charge in [0.15, 0.2) is 0 Å². The number of rotatable bonds is 6. The molecule has 0 amide bonds. The molecule has 0 rings (SSSR count). The predicted molar refractivity (Wildman–Crippen MR) is 50.8 cm³/mol. The second-order valence-corrected chi connectivity index (χ2v) is 3.85. The molecule has 78 valence electrons. The van der Waals surface area contributed by atoms with E-state index in [2.05, 4.69) is 0 Å². The van der Waals surface area contributed by atoms with Crippen molar-refractivity contribution in [3.63, 3.8) is 0 Å². The van der Waals surface area contributed by atoms with E-state index < -0.39 is 5.97 Å². The van der Waals surface area contributed by atoms with Crippen molar-refractivity contribution in [3.05, 3.63) is 0 Å². The molecule has 0 radical (unpaired) electrons. The minimum absolute atomic E-state index is 0.0831. The number of carboxylic acid groups (broad SMARTS) is 1. The second kappa shape index (κ2) is 5.19. The molecule has 1 N–H and O–H groups in total. The Bertz CT molecular complexity index is 168. The van der Waals surface area contributed by atoms with E-state index in [-0.39, 0.29) is 12.1 Å². The number of ether oxygens (including phenoxy) is 1. The minimum atomic E-state index is -0.794. The minimum Gasteiger partial charge on any atom is -0.480 e. The van der Waals surface area contributed by atoms with Crippen molar-refractivity contribution in [3.8, 4) is 0 Å². The van der Waals surface area contributed by atoms with Gasteiger partial charge in [-0.05, 0) is 27.3 Å². The molecule has 0 aromatic heterocycles. The van der Waals surface area contributed by atoms with Gasteiger partial charge in [-0.25, -0.2) is 0 Å². The van der Waals surface area contributed by atoms with Crippen LogP contribution < -0.4 is 0 Å². The zero-order chi connectivity index (χ0) is 10.5. The number of hydrogen-bond acceptors (Lipinski definition) is 3. The highest BCUT2D eigenvalue weighted by molar-refractivity contribution is 5.68. The van der Waals surface area contributed by atoms with Crippen LogP contribution in [0.1, 0.15) is 20.3 Å². The summed E-state index contributed by atoms with van der Waals surface area (Å²) in [6.45, 7) is 4.79. The third-order valence-corrected chi connectivity index (χ3v) is 2.05. The van der Waals surface area contributed by atoms with Gasteiger partial charge in [-0.3, -0.25) is 9.69 Å². The fourth-order valence-electron chi connectivity index (χ4n) is 0.872. The number of carbonyl (C=O) groups is 1. The van der Waals surface area contributed by atoms with Crippen molar-refractivity contribution in [1.82, 2.24) is 4.90 Å². The van der Waals surface area contributed by atoms with E-state index in [0.717, 1.165) is 13.0 Å². The number of methoxy groups -OCH3 is 1. The summed E-state index contributed by atoms with van der Waals surface area (Å²) in [4.78, 5) is 12.1. The van der Waals surface area contributed by atoms with E-state index in [9.17, 15) is 4.79 Å². The first kappa shape index (κ1) is 12.4. The molecule has 0 aliphatic rings. The molecule has 4 nitrogen and oxygen atoms in total. The van der Waals surface area contributed by atoms with Crippen molar-refractivity contribution in [2.24, 2.45) is 0 Å². The normalized spacial score (nSPS) is 12.1. The SMILES string of the molecule is COC(C)(C)CCN(C)CC(=O)O. The Balaban J connectivity index is 3.69. The highest BCUT2D eigenvalue weighted by Crippen LogP contribution is 2.12. The lowest BCUT2D eigenvalue weighted by atomic mass is 10.1. The molecule has 0 aliphatic carbocycles. The summed E-state index contributed by atoms with van der Waals surface area (Å²) in [5.74, 6) is -0.794. The standard InChI is InChI=1S/C9H19NO3/c1-9(2,13-4)5-6-10(3)7-8(11)12/h5-7H2,1-4H3,(H,11,12). The maximum Gasteiger partial charge on any atom is 0.317 e. The molecular formula is C9H19NO3. The third-order valence-electron chi connectivity index (χ3n) is 2.05. The molecule has 0 unspecified atom stereocenters. The summed E-state index contributed by atoms with van der Waals surface area (Å²) in [5.41, 5.74) is -0.174. The van der Waals surface area contributed by atoms with E-state index in [4.69, 9.17) is 9.84 Å². The van der Waals surface area contributed by atoms with Gasteiger partial charge in [-0.15, -0.1) is 0 Å². The van der Waals surface area contributed by atoms with E-state index in [0.29, 0.717) is 0 Å². The van der Waals surface area contributed by atoms with Gasteiger partial charge >= 0.3 is 5.97 Å². The Hall–Kier alpha value is -0.610. The van der Waals surface area contributed by atoms with E-state index >= 15 is 0 Å². The van der Waals surface area contributed by atoms with Crippen LogP contribution in [0.2, 0.25) is 0 Å². The summed E-state index contributed by atoms with van der Waals surface area (Å²) < 4.78 is 5.22. The molecule has 0 saturated carbocycles. The topological polar surface area (TPSA) is 49.8 Å². The maximum absolute atomic E-state index is 10.3. The molecule has 4 heteroatoms. The summed E-state index contributed by atoms with van der Waals surface area (Å²) in [6, 6.07) is 0. The Kier molecular flexibility index (Phi) is 4.95. The Labute approximate surface area is 79.5 Å². The largest absolute Gasteiger partial charge is 0.480 e. The van der Waals surface area contributed by atoms with E-state index in [1.165, 1.54) is 0 Å². The molecule has 0 aromatic rings. The van der Waals surface area contributed by atoms with Crippen molar-refractivity contribution in [1.29, 1.82) is 0 Å². The van der Waals surface area contributed by atoms with Crippen LogP contribution in [0, 0.1) is 0 Å². The summed E-state index contributed by atoms with van der Waals surface area (Å²) in [5, 5.41) is 8.50. The van der Waals surface area contributed by atoms with Crippen LogP contribution in [0.15, 0.2) is 0 Å². The lowest BCUT2D eigenvalue weighted by molar-refractivity contribution is -0.138. The molecule has 0 heterocycles. The monoisotopic (exact) mass is 189 g/mol. The summed E-state index contributed by atoms with van der Waals surface area (Å²) in [7, 11) is 3.46. The molecule has 0 aliphatic heterocycles. The van der Waals surface area contributed by atoms with Gasteiger partial charge in [0.25, 0.3) is 0 Å². The highest BCUT2D eigenvalue weighted by Gasteiger charge is 2.17. The fraction of sp³-hybridized carbons (Fsp3) is 0.889. The molecule has 0 aromatic carbocycles. The van der Waals surface area contributed by atoms with Gasteiger partial charge in [0.2, 0.25) is 0 Å². The van der Waals surface area contributed by atoms with Crippen molar-refractivity contribution in [2.75, 3.05) is 27.2 Å². The van der Waals surface area contributed by atoms with E-state index in [1.807, 2.05) is 13.8 Å². The zero-order valence-corrected chi connectivity index (χ0v) is 8.83. The van der Waals surface area contributed by atoms with Crippen molar-refractivity contribution < 1.29 is 14.6 Å². The molecule has 0 fully saturated rings. The lowest BCUT2D eigenvalue weighted by Gasteiger charge is -2.25. The highest BCUT2D eigenvalue weighted by atomic mass is 16.5. The van der Waals surface area contributed by atoms with Gasteiger partial charge in [0.05, 0.1) is 12.1 Å². The van der Waals surface area contributed by atoms with Gasteiger partial charge in [0.1, 0.15) is 0 Å². The third kappa shape index (κ3) is 6.54. The van der Waals surface area contributed by atoms with Gasteiger partial charge < -0.3 is 9.84 Å². The van der Waals surface area contributed by atoms with Crippen LogP contribution in [-0.2, 0) is 9.53 Å². The maximum atomic E-state index is 10.3. The van der Waals surface area contributed by atoms with Crippen LogP contribution >= 0.6 is 0 Å².